The van der Waals surface area contributed by atoms with Gasteiger partial charge in [0.05, 0.1) is 24.6 Å². The Balaban J connectivity index is 1.92. The summed E-state index contributed by atoms with van der Waals surface area (Å²) in [6.45, 7) is 0.955. The van der Waals surface area contributed by atoms with Crippen LogP contribution in [0.1, 0.15) is 22.8 Å². The number of rotatable bonds is 4. The van der Waals surface area contributed by atoms with Crippen molar-refractivity contribution in [2.45, 2.75) is 12.5 Å². The zero-order valence-corrected chi connectivity index (χ0v) is 12.5. The highest BCUT2D eigenvalue weighted by molar-refractivity contribution is 5.98. The first-order valence-corrected chi connectivity index (χ1v) is 7.37. The molecule has 0 bridgehead atoms. The van der Waals surface area contributed by atoms with Crippen LogP contribution in [0.3, 0.4) is 0 Å². The van der Waals surface area contributed by atoms with Crippen molar-refractivity contribution in [3.8, 4) is 6.07 Å². The molecule has 2 heterocycles. The highest BCUT2D eigenvalue weighted by Crippen LogP contribution is 2.28. The maximum atomic E-state index is 11.7. The fourth-order valence-corrected chi connectivity index (χ4v) is 2.63. The van der Waals surface area contributed by atoms with E-state index in [0.717, 1.165) is 5.69 Å². The van der Waals surface area contributed by atoms with Crippen LogP contribution in [0.5, 0.6) is 0 Å². The minimum absolute atomic E-state index is 0.200. The molecule has 118 valence electrons. The normalized spacial score (nSPS) is 20.7. The Hall–Kier alpha value is -2.85. The summed E-state index contributed by atoms with van der Waals surface area (Å²) in [5.41, 5.74) is 6.54. The van der Waals surface area contributed by atoms with Gasteiger partial charge in [-0.1, -0.05) is 18.2 Å². The topological polar surface area (TPSA) is 106 Å². The highest BCUT2D eigenvalue weighted by Gasteiger charge is 2.29. The molecule has 0 radical (unpaired) electrons. The number of nitriles is 1. The van der Waals surface area contributed by atoms with Crippen LogP contribution in [0, 0.1) is 17.2 Å². The summed E-state index contributed by atoms with van der Waals surface area (Å²) in [6.07, 6.45) is 2.23. The molecule has 2 atom stereocenters. The Morgan fingerprint density at radius 1 is 1.43 bits per heavy atom. The Morgan fingerprint density at radius 2 is 2.22 bits per heavy atom. The van der Waals surface area contributed by atoms with Gasteiger partial charge < -0.3 is 15.8 Å². The molecule has 0 unspecified atom stereocenters. The van der Waals surface area contributed by atoms with E-state index in [9.17, 15) is 10.1 Å². The first-order chi connectivity index (χ1) is 11.2. The number of benzene rings is 1. The molecule has 0 saturated carbocycles. The zero-order valence-electron chi connectivity index (χ0n) is 12.5. The fourth-order valence-electron chi connectivity index (χ4n) is 2.63. The maximum Gasteiger partial charge on any atom is 0.254 e. The van der Waals surface area contributed by atoms with Crippen LogP contribution in [0.15, 0.2) is 36.5 Å². The summed E-state index contributed by atoms with van der Waals surface area (Å²) in [5, 5.41) is 16.8. The summed E-state index contributed by atoms with van der Waals surface area (Å²) < 4.78 is 7.06. The van der Waals surface area contributed by atoms with Crippen molar-refractivity contribution in [2.75, 3.05) is 18.5 Å². The molecule has 1 fully saturated rings. The lowest BCUT2D eigenvalue weighted by Gasteiger charge is -2.26. The zero-order chi connectivity index (χ0) is 16.2. The number of anilines is 2. The number of nitrogens with two attached hydrogens (primary N) is 1. The maximum absolute atomic E-state index is 11.7. The summed E-state index contributed by atoms with van der Waals surface area (Å²) in [4.78, 5) is 11.7. The number of carbonyl (C=O) groups excluding carboxylic acids is 1. The van der Waals surface area contributed by atoms with Crippen LogP contribution < -0.4 is 11.1 Å². The van der Waals surface area contributed by atoms with Gasteiger partial charge in [-0.15, -0.1) is 0 Å². The molecular formula is C16H17N5O2. The van der Waals surface area contributed by atoms with E-state index in [-0.39, 0.29) is 17.5 Å². The van der Waals surface area contributed by atoms with Gasteiger partial charge in [-0.3, -0.25) is 9.48 Å². The SMILES string of the molecule is N#C[C@@H]1CCOC[C@H]1n1cc(C(N)=O)c(Nc2ccccc2)n1. The predicted octanol–water partition coefficient (Wildman–Crippen LogP) is 1.83. The number of primary amides is 1. The van der Waals surface area contributed by atoms with Crippen LogP contribution in [0.4, 0.5) is 11.5 Å². The number of aromatic nitrogens is 2. The van der Waals surface area contributed by atoms with Crippen molar-refractivity contribution in [1.29, 1.82) is 5.26 Å². The van der Waals surface area contributed by atoms with Gasteiger partial charge in [0.2, 0.25) is 0 Å². The van der Waals surface area contributed by atoms with Crippen LogP contribution in [-0.4, -0.2) is 28.9 Å². The number of para-hydroxylation sites is 1. The van der Waals surface area contributed by atoms with E-state index in [0.29, 0.717) is 25.5 Å². The molecule has 7 nitrogen and oxygen atoms in total. The largest absolute Gasteiger partial charge is 0.379 e. The summed E-state index contributed by atoms with van der Waals surface area (Å²) in [5.74, 6) is -0.389. The molecule has 1 amide bonds. The predicted molar refractivity (Wildman–Crippen MR) is 84.0 cm³/mol. The molecule has 0 spiro atoms. The second-order valence-corrected chi connectivity index (χ2v) is 5.39. The third kappa shape index (κ3) is 3.17. The molecular weight excluding hydrogens is 294 g/mol. The standard InChI is InChI=1S/C16H17N5O2/c17-8-11-6-7-23-10-14(11)21-9-13(15(18)22)16(20-21)19-12-4-2-1-3-5-12/h1-5,9,11,14H,6-7,10H2,(H2,18,22)(H,19,20)/t11-,14+/m0/s1. The third-order valence-electron chi connectivity index (χ3n) is 3.87. The quantitative estimate of drug-likeness (QED) is 0.896. The van der Waals surface area contributed by atoms with Gasteiger partial charge in [0.25, 0.3) is 5.91 Å². The van der Waals surface area contributed by atoms with Gasteiger partial charge in [-0.2, -0.15) is 10.4 Å². The molecule has 7 heteroatoms. The lowest BCUT2D eigenvalue weighted by atomic mass is 9.97. The fraction of sp³-hybridized carbons (Fsp3) is 0.312. The minimum atomic E-state index is -0.570. The average molecular weight is 311 g/mol. The van der Waals surface area contributed by atoms with Crippen molar-refractivity contribution < 1.29 is 9.53 Å². The lowest BCUT2D eigenvalue weighted by molar-refractivity contribution is 0.0342. The van der Waals surface area contributed by atoms with E-state index in [1.165, 1.54) is 0 Å². The molecule has 1 aliphatic heterocycles. The molecule has 1 saturated heterocycles. The summed E-state index contributed by atoms with van der Waals surface area (Å²) >= 11 is 0. The Morgan fingerprint density at radius 3 is 2.91 bits per heavy atom. The van der Waals surface area contributed by atoms with Crippen LogP contribution in [-0.2, 0) is 4.74 Å². The van der Waals surface area contributed by atoms with Crippen LogP contribution >= 0.6 is 0 Å². The molecule has 3 rings (SSSR count). The monoisotopic (exact) mass is 311 g/mol. The molecule has 1 aromatic heterocycles. The number of nitrogens with zero attached hydrogens (tertiary/aromatic N) is 3. The van der Waals surface area contributed by atoms with Crippen LogP contribution in [0.2, 0.25) is 0 Å². The van der Waals surface area contributed by atoms with E-state index in [1.54, 1.807) is 10.9 Å². The smallest absolute Gasteiger partial charge is 0.254 e. The van der Waals surface area contributed by atoms with Crippen molar-refractivity contribution >= 4 is 17.4 Å². The highest BCUT2D eigenvalue weighted by atomic mass is 16.5. The Kier molecular flexibility index (Phi) is 4.26. The minimum Gasteiger partial charge on any atom is -0.379 e. The van der Waals surface area contributed by atoms with E-state index >= 15 is 0 Å². The molecule has 2 aromatic rings. The number of nitrogens with one attached hydrogen (secondary N) is 1. The molecule has 23 heavy (non-hydrogen) atoms. The number of hydrogen-bond acceptors (Lipinski definition) is 5. The van der Waals surface area contributed by atoms with Crippen molar-refractivity contribution in [2.24, 2.45) is 11.7 Å². The third-order valence-corrected chi connectivity index (χ3v) is 3.87. The van der Waals surface area contributed by atoms with E-state index < -0.39 is 5.91 Å². The molecule has 3 N–H and O–H groups in total. The van der Waals surface area contributed by atoms with Gasteiger partial charge in [0, 0.05) is 18.5 Å². The van der Waals surface area contributed by atoms with E-state index in [4.69, 9.17) is 10.5 Å². The summed E-state index contributed by atoms with van der Waals surface area (Å²) in [6, 6.07) is 11.4. The second kappa shape index (κ2) is 6.50. The lowest BCUT2D eigenvalue weighted by Crippen LogP contribution is -2.29. The average Bonchev–Trinajstić information content (AvgIpc) is 2.99. The first-order valence-electron chi connectivity index (χ1n) is 7.37. The number of carbonyl (C=O) groups is 1. The summed E-state index contributed by atoms with van der Waals surface area (Å²) in [7, 11) is 0. The van der Waals surface area contributed by atoms with Crippen molar-refractivity contribution in [1.82, 2.24) is 9.78 Å². The van der Waals surface area contributed by atoms with E-state index in [1.807, 2.05) is 30.3 Å². The van der Waals surface area contributed by atoms with Crippen LogP contribution in [0.25, 0.3) is 0 Å². The van der Waals surface area contributed by atoms with E-state index in [2.05, 4.69) is 16.5 Å². The van der Waals surface area contributed by atoms with Crippen molar-refractivity contribution in [3.05, 3.63) is 42.1 Å². The Labute approximate surface area is 133 Å². The number of ether oxygens (including phenoxy) is 1. The number of hydrogen-bond donors (Lipinski definition) is 2. The van der Waals surface area contributed by atoms with Gasteiger partial charge in [0.15, 0.2) is 5.82 Å². The van der Waals surface area contributed by atoms with Crippen molar-refractivity contribution in [3.63, 3.8) is 0 Å². The molecule has 1 aliphatic rings. The Bertz CT molecular complexity index is 735. The van der Waals surface area contributed by atoms with Gasteiger partial charge in [-0.25, -0.2) is 0 Å². The number of amides is 1. The molecule has 0 aliphatic carbocycles. The molecule has 1 aromatic carbocycles. The first kappa shape index (κ1) is 15.1. The van der Waals surface area contributed by atoms with Gasteiger partial charge in [0.1, 0.15) is 5.56 Å². The van der Waals surface area contributed by atoms with Gasteiger partial charge >= 0.3 is 0 Å². The second-order valence-electron chi connectivity index (χ2n) is 5.39. The van der Waals surface area contributed by atoms with Gasteiger partial charge in [-0.05, 0) is 18.6 Å².